The Morgan fingerprint density at radius 2 is 1.84 bits per heavy atom. The van der Waals surface area contributed by atoms with Crippen LogP contribution in [0.5, 0.6) is 0 Å². The second kappa shape index (κ2) is 10.4. The van der Waals surface area contributed by atoms with Crippen LogP contribution in [-0.4, -0.2) is 67.7 Å². The van der Waals surface area contributed by atoms with Crippen LogP contribution in [0.15, 0.2) is 24.8 Å². The van der Waals surface area contributed by atoms with E-state index in [1.165, 1.54) is 6.33 Å². The average molecular weight is 275 g/mol. The number of aliphatic hydroxyl groups is 4. The number of carbonyl (C=O) groups is 1. The van der Waals surface area contributed by atoms with Crippen LogP contribution in [0, 0.1) is 0 Å². The first-order chi connectivity index (χ1) is 9.08. The van der Waals surface area contributed by atoms with Gasteiger partial charge >= 0.3 is 0 Å². The van der Waals surface area contributed by atoms with Crippen molar-refractivity contribution in [2.24, 2.45) is 5.90 Å². The number of aromatic nitrogens is 2. The predicted octanol–water partition coefficient (Wildman–Crippen LogP) is -3.00. The van der Waals surface area contributed by atoms with E-state index < -0.39 is 31.0 Å². The molecule has 108 valence electrons. The second-order valence-corrected chi connectivity index (χ2v) is 3.37. The maximum Gasteiger partial charge on any atom is 0.151 e. The van der Waals surface area contributed by atoms with Crippen LogP contribution in [0.3, 0.4) is 0 Å². The van der Waals surface area contributed by atoms with Gasteiger partial charge in [0, 0.05) is 12.4 Å². The molecule has 0 aromatic carbocycles. The SMILES string of the molecule is NOC(C(O)CO)C(O)C(O)C=O.c1cncnc1. The van der Waals surface area contributed by atoms with Crippen molar-refractivity contribution < 1.29 is 30.1 Å². The summed E-state index contributed by atoms with van der Waals surface area (Å²) in [6.45, 7) is -0.704. The van der Waals surface area contributed by atoms with Gasteiger partial charge in [-0.15, -0.1) is 0 Å². The van der Waals surface area contributed by atoms with E-state index in [0.29, 0.717) is 0 Å². The van der Waals surface area contributed by atoms with Crippen LogP contribution in [0.2, 0.25) is 0 Å². The zero-order valence-electron chi connectivity index (χ0n) is 9.98. The van der Waals surface area contributed by atoms with E-state index in [0.717, 1.165) is 0 Å². The lowest BCUT2D eigenvalue weighted by molar-refractivity contribution is -0.151. The van der Waals surface area contributed by atoms with Gasteiger partial charge in [-0.05, 0) is 6.07 Å². The lowest BCUT2D eigenvalue weighted by atomic mass is 10.0. The summed E-state index contributed by atoms with van der Waals surface area (Å²) < 4.78 is 0. The Morgan fingerprint density at radius 3 is 2.11 bits per heavy atom. The van der Waals surface area contributed by atoms with Gasteiger partial charge < -0.3 is 25.2 Å². The molecule has 0 spiro atoms. The fourth-order valence-electron chi connectivity index (χ4n) is 1.03. The molecule has 0 aliphatic rings. The van der Waals surface area contributed by atoms with Crippen LogP contribution >= 0.6 is 0 Å². The normalized spacial score (nSPS) is 16.5. The minimum Gasteiger partial charge on any atom is -0.394 e. The molecule has 1 rings (SSSR count). The molecule has 1 aromatic heterocycles. The molecule has 6 N–H and O–H groups in total. The molecule has 9 heteroatoms. The summed E-state index contributed by atoms with van der Waals surface area (Å²) in [6, 6.07) is 1.78. The van der Waals surface area contributed by atoms with E-state index in [2.05, 4.69) is 20.7 Å². The molecule has 19 heavy (non-hydrogen) atoms. The third-order valence-corrected chi connectivity index (χ3v) is 2.03. The zero-order valence-corrected chi connectivity index (χ0v) is 9.98. The molecular formula is C10H17N3O6. The number of carbonyl (C=O) groups excluding carboxylic acids is 1. The van der Waals surface area contributed by atoms with E-state index >= 15 is 0 Å². The smallest absolute Gasteiger partial charge is 0.151 e. The second-order valence-electron chi connectivity index (χ2n) is 3.37. The van der Waals surface area contributed by atoms with Crippen LogP contribution in [0.4, 0.5) is 0 Å². The quantitative estimate of drug-likeness (QED) is 0.269. The van der Waals surface area contributed by atoms with E-state index in [-0.39, 0.29) is 6.29 Å². The molecule has 0 saturated heterocycles. The molecule has 0 aliphatic carbocycles. The van der Waals surface area contributed by atoms with E-state index in [1.807, 2.05) is 0 Å². The third kappa shape index (κ3) is 6.86. The van der Waals surface area contributed by atoms with E-state index in [1.54, 1.807) is 18.5 Å². The summed E-state index contributed by atoms with van der Waals surface area (Å²) in [5.41, 5.74) is 0. The summed E-state index contributed by atoms with van der Waals surface area (Å²) in [6.07, 6.45) is -1.32. The van der Waals surface area contributed by atoms with Gasteiger partial charge in [-0.2, -0.15) is 0 Å². The van der Waals surface area contributed by atoms with Gasteiger partial charge in [0.25, 0.3) is 0 Å². The van der Waals surface area contributed by atoms with Crippen molar-refractivity contribution in [1.82, 2.24) is 9.97 Å². The number of hydrogen-bond acceptors (Lipinski definition) is 9. The minimum atomic E-state index is -1.71. The summed E-state index contributed by atoms with van der Waals surface area (Å²) in [4.78, 5) is 21.5. The molecule has 0 bridgehead atoms. The molecule has 1 aromatic rings. The number of nitrogens with zero attached hydrogens (tertiary/aromatic N) is 2. The topological polar surface area (TPSA) is 159 Å². The summed E-state index contributed by atoms with van der Waals surface area (Å²) >= 11 is 0. The molecule has 0 fully saturated rings. The summed E-state index contributed by atoms with van der Waals surface area (Å²) in [5.74, 6) is 4.68. The summed E-state index contributed by atoms with van der Waals surface area (Å²) in [7, 11) is 0. The van der Waals surface area contributed by atoms with Crippen molar-refractivity contribution in [1.29, 1.82) is 0 Å². The van der Waals surface area contributed by atoms with Gasteiger partial charge in [-0.1, -0.05) is 0 Å². The molecular weight excluding hydrogens is 258 g/mol. The van der Waals surface area contributed by atoms with Gasteiger partial charge in [-0.25, -0.2) is 15.9 Å². The molecule has 4 atom stereocenters. The van der Waals surface area contributed by atoms with E-state index in [4.69, 9.17) is 20.4 Å². The average Bonchev–Trinajstić information content (AvgIpc) is 2.49. The first kappa shape index (κ1) is 17.5. The lowest BCUT2D eigenvalue weighted by Crippen LogP contribution is -2.49. The fraction of sp³-hybridized carbons (Fsp3) is 0.500. The van der Waals surface area contributed by atoms with Gasteiger partial charge in [0.05, 0.1) is 6.61 Å². The van der Waals surface area contributed by atoms with Gasteiger partial charge in [0.15, 0.2) is 6.29 Å². The van der Waals surface area contributed by atoms with Crippen molar-refractivity contribution in [3.63, 3.8) is 0 Å². The van der Waals surface area contributed by atoms with E-state index in [9.17, 15) is 4.79 Å². The van der Waals surface area contributed by atoms with Crippen molar-refractivity contribution in [2.45, 2.75) is 24.4 Å². The number of aliphatic hydroxyl groups excluding tert-OH is 4. The predicted molar refractivity (Wildman–Crippen MR) is 62.3 cm³/mol. The highest BCUT2D eigenvalue weighted by atomic mass is 16.6. The maximum absolute atomic E-state index is 10.0. The van der Waals surface area contributed by atoms with Gasteiger partial charge in [0.2, 0.25) is 0 Å². The van der Waals surface area contributed by atoms with Gasteiger partial charge in [-0.3, -0.25) is 4.84 Å². The van der Waals surface area contributed by atoms with Crippen LogP contribution in [-0.2, 0) is 9.63 Å². The zero-order chi connectivity index (χ0) is 14.7. The molecule has 4 unspecified atom stereocenters. The first-order valence-corrected chi connectivity index (χ1v) is 5.24. The largest absolute Gasteiger partial charge is 0.394 e. The molecule has 1 heterocycles. The van der Waals surface area contributed by atoms with Crippen molar-refractivity contribution in [3.8, 4) is 0 Å². The Labute approximate surface area is 109 Å². The first-order valence-electron chi connectivity index (χ1n) is 5.24. The molecule has 0 amide bonds. The highest BCUT2D eigenvalue weighted by molar-refractivity contribution is 5.56. The van der Waals surface area contributed by atoms with Crippen molar-refractivity contribution >= 4 is 6.29 Å². The highest BCUT2D eigenvalue weighted by Gasteiger charge is 2.32. The van der Waals surface area contributed by atoms with Crippen molar-refractivity contribution in [2.75, 3.05) is 6.61 Å². The number of nitrogens with two attached hydrogens (primary N) is 1. The Balaban J connectivity index is 0.000000443. The monoisotopic (exact) mass is 275 g/mol. The Hall–Kier alpha value is -1.49. The Morgan fingerprint density at radius 1 is 1.26 bits per heavy atom. The lowest BCUT2D eigenvalue weighted by Gasteiger charge is -2.25. The third-order valence-electron chi connectivity index (χ3n) is 2.03. The number of aldehydes is 1. The van der Waals surface area contributed by atoms with Crippen LogP contribution in [0.25, 0.3) is 0 Å². The minimum absolute atomic E-state index is 0.0702. The Bertz CT molecular complexity index is 302. The maximum atomic E-state index is 10.0. The molecule has 0 aliphatic heterocycles. The number of rotatable bonds is 6. The standard InChI is InChI=1S/C6H13NO6.C4H4N2/c7-13-6(4(11)2-9)5(12)3(10)1-8;1-2-5-4-6-3-1/h1,3-6,9-12H,2,7H2;1-4H. The highest BCUT2D eigenvalue weighted by Crippen LogP contribution is 2.06. The molecule has 9 nitrogen and oxygen atoms in total. The number of hydrogen-bond donors (Lipinski definition) is 5. The molecule has 0 radical (unpaired) electrons. The van der Waals surface area contributed by atoms with Gasteiger partial charge in [0.1, 0.15) is 30.7 Å². The molecule has 0 saturated carbocycles. The fourth-order valence-corrected chi connectivity index (χ4v) is 1.03. The summed E-state index contributed by atoms with van der Waals surface area (Å²) in [5, 5.41) is 35.4. The van der Waals surface area contributed by atoms with Crippen LogP contribution < -0.4 is 5.90 Å². The van der Waals surface area contributed by atoms with Crippen LogP contribution in [0.1, 0.15) is 0 Å². The van der Waals surface area contributed by atoms with Crippen molar-refractivity contribution in [3.05, 3.63) is 24.8 Å². The Kier molecular flexibility index (Phi) is 9.62.